The van der Waals surface area contributed by atoms with Crippen molar-refractivity contribution in [3.63, 3.8) is 0 Å². The molecule has 6 heteroatoms. The van der Waals surface area contributed by atoms with Crippen LogP contribution in [0.1, 0.15) is 31.4 Å². The van der Waals surface area contributed by atoms with Gasteiger partial charge in [0.05, 0.1) is 11.7 Å². The smallest absolute Gasteiger partial charge is 0.149 e. The van der Waals surface area contributed by atoms with Gasteiger partial charge in [0.25, 0.3) is 0 Å². The Morgan fingerprint density at radius 2 is 2.29 bits per heavy atom. The first-order valence-electron chi connectivity index (χ1n) is 5.80. The predicted molar refractivity (Wildman–Crippen MR) is 64.2 cm³/mol. The third-order valence-corrected chi connectivity index (χ3v) is 2.83. The molecule has 92 valence electrons. The van der Waals surface area contributed by atoms with Gasteiger partial charge in [-0.3, -0.25) is 4.68 Å². The molecule has 1 unspecified atom stereocenters. The van der Waals surface area contributed by atoms with Crippen molar-refractivity contribution in [2.75, 3.05) is 0 Å². The van der Waals surface area contributed by atoms with Gasteiger partial charge in [-0.1, -0.05) is 0 Å². The van der Waals surface area contributed by atoms with Crippen LogP contribution in [0.2, 0.25) is 0 Å². The van der Waals surface area contributed by atoms with E-state index < -0.39 is 0 Å². The molecule has 2 aromatic rings. The second-order valence-electron chi connectivity index (χ2n) is 4.04. The molecule has 0 radical (unpaired) electrons. The van der Waals surface area contributed by atoms with Crippen LogP contribution in [0.3, 0.4) is 0 Å². The summed E-state index contributed by atoms with van der Waals surface area (Å²) in [5.41, 5.74) is 1.18. The first-order chi connectivity index (χ1) is 8.22. The van der Waals surface area contributed by atoms with Crippen LogP contribution in [0.4, 0.5) is 0 Å². The molecule has 0 aliphatic carbocycles. The molecule has 2 heterocycles. The van der Waals surface area contributed by atoms with Gasteiger partial charge in [0.2, 0.25) is 0 Å². The molecule has 0 saturated heterocycles. The van der Waals surface area contributed by atoms with E-state index in [0.717, 1.165) is 18.9 Å². The minimum atomic E-state index is 0.169. The van der Waals surface area contributed by atoms with Crippen LogP contribution in [-0.4, -0.2) is 24.5 Å². The van der Waals surface area contributed by atoms with Crippen LogP contribution in [0.15, 0.2) is 18.6 Å². The lowest BCUT2D eigenvalue weighted by atomic mass is 10.3. The number of aryl methyl sites for hydroxylation is 2. The van der Waals surface area contributed by atoms with Gasteiger partial charge in [-0.2, -0.15) is 5.10 Å². The number of nitrogens with zero attached hydrogens (tertiary/aromatic N) is 5. The highest BCUT2D eigenvalue weighted by Crippen LogP contribution is 2.08. The van der Waals surface area contributed by atoms with Crippen molar-refractivity contribution in [3.05, 3.63) is 30.1 Å². The molecule has 6 nitrogen and oxygen atoms in total. The molecule has 1 N–H and O–H groups in total. The fourth-order valence-corrected chi connectivity index (χ4v) is 1.83. The summed E-state index contributed by atoms with van der Waals surface area (Å²) in [4.78, 5) is 0. The van der Waals surface area contributed by atoms with Crippen LogP contribution in [0.25, 0.3) is 0 Å². The van der Waals surface area contributed by atoms with E-state index in [0.29, 0.717) is 0 Å². The number of hydrogen-bond acceptors (Lipinski definition) is 4. The average molecular weight is 234 g/mol. The number of rotatable bonds is 5. The monoisotopic (exact) mass is 234 g/mol. The molecule has 0 saturated carbocycles. The molecule has 0 aliphatic rings. The van der Waals surface area contributed by atoms with Gasteiger partial charge >= 0.3 is 0 Å². The molecule has 1 atom stereocenters. The molecule has 2 rings (SSSR count). The lowest BCUT2D eigenvalue weighted by Crippen LogP contribution is -2.22. The van der Waals surface area contributed by atoms with E-state index in [-0.39, 0.29) is 6.04 Å². The number of aromatic nitrogens is 5. The van der Waals surface area contributed by atoms with E-state index >= 15 is 0 Å². The SMILES string of the molecule is CCn1nccc1CNC(C)c1nncn1C. The van der Waals surface area contributed by atoms with Crippen molar-refractivity contribution >= 4 is 0 Å². The van der Waals surface area contributed by atoms with Crippen molar-refractivity contribution < 1.29 is 0 Å². The van der Waals surface area contributed by atoms with Gasteiger partial charge in [0.15, 0.2) is 0 Å². The summed E-state index contributed by atoms with van der Waals surface area (Å²) in [6, 6.07) is 2.20. The highest BCUT2D eigenvalue weighted by Gasteiger charge is 2.11. The van der Waals surface area contributed by atoms with Crippen LogP contribution in [0.5, 0.6) is 0 Å². The lowest BCUT2D eigenvalue weighted by Gasteiger charge is -2.13. The van der Waals surface area contributed by atoms with Crippen LogP contribution < -0.4 is 5.32 Å². The second-order valence-corrected chi connectivity index (χ2v) is 4.04. The van der Waals surface area contributed by atoms with Crippen molar-refractivity contribution in [1.82, 2.24) is 29.9 Å². The molecule has 17 heavy (non-hydrogen) atoms. The summed E-state index contributed by atoms with van der Waals surface area (Å²) in [7, 11) is 1.95. The molecule has 0 amide bonds. The molecule has 0 aliphatic heterocycles. The zero-order valence-electron chi connectivity index (χ0n) is 10.5. The summed E-state index contributed by atoms with van der Waals surface area (Å²) >= 11 is 0. The Bertz CT molecular complexity index is 472. The fourth-order valence-electron chi connectivity index (χ4n) is 1.83. The van der Waals surface area contributed by atoms with Gasteiger partial charge < -0.3 is 9.88 Å². The first kappa shape index (κ1) is 11.8. The summed E-state index contributed by atoms with van der Waals surface area (Å²) in [6.07, 6.45) is 3.54. The Labute approximate surface area is 101 Å². The number of hydrogen-bond donors (Lipinski definition) is 1. The Balaban J connectivity index is 1.97. The highest BCUT2D eigenvalue weighted by molar-refractivity contribution is 5.01. The standard InChI is InChI=1S/C11H18N6/c1-4-17-10(5-6-14-17)7-12-9(2)11-15-13-8-16(11)3/h5-6,8-9,12H,4,7H2,1-3H3. The van der Waals surface area contributed by atoms with Gasteiger partial charge in [-0.25, -0.2) is 0 Å². The Morgan fingerprint density at radius 3 is 2.94 bits per heavy atom. The molecule has 0 fully saturated rings. The van der Waals surface area contributed by atoms with E-state index in [1.807, 2.05) is 28.6 Å². The van der Waals surface area contributed by atoms with Crippen molar-refractivity contribution in [1.29, 1.82) is 0 Å². The average Bonchev–Trinajstić information content (AvgIpc) is 2.94. The summed E-state index contributed by atoms with van der Waals surface area (Å²) in [6.45, 7) is 5.84. The molecule has 2 aromatic heterocycles. The van der Waals surface area contributed by atoms with Gasteiger partial charge in [0, 0.05) is 26.3 Å². The Hall–Kier alpha value is -1.69. The summed E-state index contributed by atoms with van der Waals surface area (Å²) in [5, 5.41) is 15.6. The Kier molecular flexibility index (Phi) is 3.53. The van der Waals surface area contributed by atoms with E-state index in [2.05, 4.69) is 34.5 Å². The maximum Gasteiger partial charge on any atom is 0.149 e. The quantitative estimate of drug-likeness (QED) is 0.834. The molecular formula is C11H18N6. The molecule has 0 aromatic carbocycles. The minimum absolute atomic E-state index is 0.169. The maximum absolute atomic E-state index is 4.24. The highest BCUT2D eigenvalue weighted by atomic mass is 15.3. The zero-order valence-corrected chi connectivity index (χ0v) is 10.5. The summed E-state index contributed by atoms with van der Waals surface area (Å²) in [5.74, 6) is 0.938. The topological polar surface area (TPSA) is 60.6 Å². The fraction of sp³-hybridized carbons (Fsp3) is 0.545. The van der Waals surface area contributed by atoms with E-state index in [1.165, 1.54) is 5.69 Å². The van der Waals surface area contributed by atoms with Crippen LogP contribution >= 0.6 is 0 Å². The van der Waals surface area contributed by atoms with Crippen molar-refractivity contribution in [2.45, 2.75) is 33.0 Å². The maximum atomic E-state index is 4.24. The van der Waals surface area contributed by atoms with E-state index in [4.69, 9.17) is 0 Å². The predicted octanol–water partition coefficient (Wildman–Crippen LogP) is 0.882. The Morgan fingerprint density at radius 1 is 1.47 bits per heavy atom. The van der Waals surface area contributed by atoms with Gasteiger partial charge in [0.1, 0.15) is 12.2 Å². The van der Waals surface area contributed by atoms with Crippen molar-refractivity contribution in [3.8, 4) is 0 Å². The summed E-state index contributed by atoms with van der Waals surface area (Å²) < 4.78 is 3.91. The third-order valence-electron chi connectivity index (χ3n) is 2.83. The van der Waals surface area contributed by atoms with Crippen molar-refractivity contribution in [2.24, 2.45) is 7.05 Å². The van der Waals surface area contributed by atoms with Crippen LogP contribution in [-0.2, 0) is 20.1 Å². The van der Waals surface area contributed by atoms with Gasteiger partial charge in [-0.15, -0.1) is 10.2 Å². The third kappa shape index (κ3) is 2.52. The second kappa shape index (κ2) is 5.09. The van der Waals surface area contributed by atoms with Crippen LogP contribution in [0, 0.1) is 0 Å². The molecule has 0 bridgehead atoms. The first-order valence-corrected chi connectivity index (χ1v) is 5.80. The normalized spacial score (nSPS) is 12.9. The lowest BCUT2D eigenvalue weighted by molar-refractivity contribution is 0.502. The minimum Gasteiger partial charge on any atom is -0.319 e. The van der Waals surface area contributed by atoms with E-state index in [9.17, 15) is 0 Å². The number of nitrogens with one attached hydrogen (secondary N) is 1. The van der Waals surface area contributed by atoms with E-state index in [1.54, 1.807) is 6.33 Å². The largest absolute Gasteiger partial charge is 0.319 e. The molecule has 0 spiro atoms. The van der Waals surface area contributed by atoms with Gasteiger partial charge in [-0.05, 0) is 19.9 Å². The zero-order chi connectivity index (χ0) is 12.3. The molecular weight excluding hydrogens is 216 g/mol.